The minimum atomic E-state index is 0. The second kappa shape index (κ2) is 6.78. The van der Waals surface area contributed by atoms with E-state index in [4.69, 9.17) is 5.73 Å². The summed E-state index contributed by atoms with van der Waals surface area (Å²) in [6.07, 6.45) is 3.52. The molecule has 0 aromatic heterocycles. The Morgan fingerprint density at radius 3 is 2.92 bits per heavy atom. The smallest absolute Gasteiger partial charge is 0.0171 e. The summed E-state index contributed by atoms with van der Waals surface area (Å²) in [5, 5.41) is 0. The van der Waals surface area contributed by atoms with E-state index < -0.39 is 0 Å². The fourth-order valence-corrected chi connectivity index (χ4v) is 1.88. The molecule has 0 radical (unpaired) electrons. The molecule has 0 bridgehead atoms. The Kier molecular flexibility index (Phi) is 6.95. The van der Waals surface area contributed by atoms with E-state index in [0.717, 1.165) is 18.8 Å². The van der Waals surface area contributed by atoms with Crippen LogP contribution in [0.5, 0.6) is 0 Å². The fourth-order valence-electron chi connectivity index (χ4n) is 1.07. The number of nitrogens with zero attached hydrogens (tertiary/aromatic N) is 1. The highest BCUT2D eigenvalue weighted by Crippen LogP contribution is 2.21. The van der Waals surface area contributed by atoms with Crippen LogP contribution in [0.4, 0.5) is 0 Å². The van der Waals surface area contributed by atoms with Gasteiger partial charge in [0.2, 0.25) is 0 Å². The molecule has 12 heavy (non-hydrogen) atoms. The molecular formula is C8H17ClN2S. The van der Waals surface area contributed by atoms with Crippen LogP contribution in [-0.2, 0) is 0 Å². The number of likely N-dealkylation sites (N-methyl/N-ethyl adjacent to an activating group) is 1. The van der Waals surface area contributed by atoms with E-state index >= 15 is 0 Å². The summed E-state index contributed by atoms with van der Waals surface area (Å²) >= 11 is 1.91. The molecule has 0 saturated carbocycles. The largest absolute Gasteiger partial charge is 0.330 e. The van der Waals surface area contributed by atoms with Crippen LogP contribution in [-0.4, -0.2) is 37.3 Å². The summed E-state index contributed by atoms with van der Waals surface area (Å²) in [4.78, 5) is 3.85. The average Bonchev–Trinajstić information content (AvgIpc) is 2.04. The normalized spacial score (nSPS) is 18.3. The molecule has 1 rings (SSSR count). The molecule has 0 unspecified atom stereocenters. The molecule has 1 aliphatic rings. The number of nitrogens with two attached hydrogens (primary N) is 1. The predicted molar refractivity (Wildman–Crippen MR) is 59.0 cm³/mol. The summed E-state index contributed by atoms with van der Waals surface area (Å²) in [6.45, 7) is 3.09. The Hall–Kier alpha value is 0.300. The van der Waals surface area contributed by atoms with Crippen molar-refractivity contribution in [3.8, 4) is 0 Å². The van der Waals surface area contributed by atoms with Crippen LogP contribution in [0.1, 0.15) is 6.42 Å². The van der Waals surface area contributed by atoms with Gasteiger partial charge < -0.3 is 10.6 Å². The van der Waals surface area contributed by atoms with Gasteiger partial charge in [0.05, 0.1) is 0 Å². The number of halogens is 1. The van der Waals surface area contributed by atoms with Gasteiger partial charge in [-0.15, -0.1) is 24.2 Å². The van der Waals surface area contributed by atoms with E-state index in [9.17, 15) is 0 Å². The first-order valence-electron chi connectivity index (χ1n) is 4.03. The van der Waals surface area contributed by atoms with Crippen LogP contribution in [0, 0.1) is 0 Å². The van der Waals surface area contributed by atoms with Gasteiger partial charge in [0.1, 0.15) is 0 Å². The molecule has 0 atom stereocenters. The highest BCUT2D eigenvalue weighted by Gasteiger charge is 2.06. The number of rotatable bonds is 3. The van der Waals surface area contributed by atoms with E-state index in [0.29, 0.717) is 0 Å². The number of hydrogen-bond donors (Lipinski definition) is 1. The van der Waals surface area contributed by atoms with E-state index in [2.05, 4.69) is 18.0 Å². The van der Waals surface area contributed by atoms with Gasteiger partial charge in [-0.25, -0.2) is 0 Å². The quantitative estimate of drug-likeness (QED) is 0.759. The van der Waals surface area contributed by atoms with Gasteiger partial charge in [0, 0.05) is 25.4 Å². The second-order valence-corrected chi connectivity index (χ2v) is 4.04. The molecule has 72 valence electrons. The molecule has 0 fully saturated rings. The van der Waals surface area contributed by atoms with E-state index in [-0.39, 0.29) is 12.4 Å². The third kappa shape index (κ3) is 4.36. The van der Waals surface area contributed by atoms with Crippen molar-refractivity contribution in [2.75, 3.05) is 32.4 Å². The Morgan fingerprint density at radius 2 is 2.42 bits per heavy atom. The van der Waals surface area contributed by atoms with Gasteiger partial charge in [0.25, 0.3) is 0 Å². The first-order valence-corrected chi connectivity index (χ1v) is 5.02. The molecule has 1 aliphatic heterocycles. The van der Waals surface area contributed by atoms with Crippen LogP contribution < -0.4 is 5.73 Å². The average molecular weight is 209 g/mol. The SMILES string of the molecule is CN1CC=C(SCCN)CC1.Cl. The van der Waals surface area contributed by atoms with Crippen LogP contribution in [0.15, 0.2) is 11.0 Å². The zero-order valence-electron chi connectivity index (χ0n) is 7.45. The summed E-state index contributed by atoms with van der Waals surface area (Å²) in [5.41, 5.74) is 5.41. The number of hydrogen-bond acceptors (Lipinski definition) is 3. The van der Waals surface area contributed by atoms with Crippen molar-refractivity contribution >= 4 is 24.2 Å². The van der Waals surface area contributed by atoms with Crippen molar-refractivity contribution < 1.29 is 0 Å². The molecule has 2 nitrogen and oxygen atoms in total. The monoisotopic (exact) mass is 208 g/mol. The maximum absolute atomic E-state index is 5.41. The minimum Gasteiger partial charge on any atom is -0.330 e. The number of thioether (sulfide) groups is 1. The van der Waals surface area contributed by atoms with Gasteiger partial charge in [-0.1, -0.05) is 6.08 Å². The zero-order valence-corrected chi connectivity index (χ0v) is 9.09. The molecule has 0 aliphatic carbocycles. The summed E-state index contributed by atoms with van der Waals surface area (Å²) in [7, 11) is 2.15. The molecule has 0 amide bonds. The Labute approximate surface area is 85.0 Å². The molecule has 1 heterocycles. The Morgan fingerprint density at radius 1 is 1.67 bits per heavy atom. The van der Waals surface area contributed by atoms with Crippen molar-refractivity contribution in [3.05, 3.63) is 11.0 Å². The van der Waals surface area contributed by atoms with E-state index in [1.54, 1.807) is 0 Å². The summed E-state index contributed by atoms with van der Waals surface area (Å²) in [5.74, 6) is 1.07. The maximum atomic E-state index is 5.41. The lowest BCUT2D eigenvalue weighted by Gasteiger charge is -2.21. The van der Waals surface area contributed by atoms with Crippen LogP contribution in [0.25, 0.3) is 0 Å². The highest BCUT2D eigenvalue weighted by atomic mass is 35.5. The highest BCUT2D eigenvalue weighted by molar-refractivity contribution is 8.03. The van der Waals surface area contributed by atoms with Gasteiger partial charge in [-0.2, -0.15) is 0 Å². The molecule has 0 spiro atoms. The third-order valence-corrected chi connectivity index (χ3v) is 2.96. The second-order valence-electron chi connectivity index (χ2n) is 2.82. The molecule has 0 aromatic rings. The lowest BCUT2D eigenvalue weighted by Crippen LogP contribution is -2.23. The van der Waals surface area contributed by atoms with Gasteiger partial charge in [-0.05, 0) is 18.4 Å². The predicted octanol–water partition coefficient (Wildman–Crippen LogP) is 1.32. The van der Waals surface area contributed by atoms with E-state index in [1.807, 2.05) is 11.8 Å². The Bertz CT molecular complexity index is 150. The van der Waals surface area contributed by atoms with Crippen molar-refractivity contribution in [3.63, 3.8) is 0 Å². The van der Waals surface area contributed by atoms with Gasteiger partial charge in [-0.3, -0.25) is 0 Å². The topological polar surface area (TPSA) is 29.3 Å². The lowest BCUT2D eigenvalue weighted by molar-refractivity contribution is 0.364. The molecule has 4 heteroatoms. The summed E-state index contributed by atoms with van der Waals surface area (Å²) < 4.78 is 0. The first-order chi connectivity index (χ1) is 5.33. The molecule has 0 saturated heterocycles. The Balaban J connectivity index is 0.00000121. The van der Waals surface area contributed by atoms with Crippen LogP contribution >= 0.6 is 24.2 Å². The van der Waals surface area contributed by atoms with Crippen molar-refractivity contribution in [1.29, 1.82) is 0 Å². The lowest BCUT2D eigenvalue weighted by atomic mass is 10.3. The van der Waals surface area contributed by atoms with Crippen LogP contribution in [0.3, 0.4) is 0 Å². The van der Waals surface area contributed by atoms with E-state index in [1.165, 1.54) is 17.9 Å². The van der Waals surface area contributed by atoms with Gasteiger partial charge >= 0.3 is 0 Å². The molecule has 0 aromatic carbocycles. The molecular weight excluding hydrogens is 192 g/mol. The first kappa shape index (κ1) is 12.3. The minimum absolute atomic E-state index is 0. The fraction of sp³-hybridized carbons (Fsp3) is 0.750. The summed E-state index contributed by atoms with van der Waals surface area (Å²) in [6, 6.07) is 0. The van der Waals surface area contributed by atoms with Crippen molar-refractivity contribution in [1.82, 2.24) is 4.90 Å². The van der Waals surface area contributed by atoms with Gasteiger partial charge in [0.15, 0.2) is 0 Å². The zero-order chi connectivity index (χ0) is 8.10. The third-order valence-electron chi connectivity index (χ3n) is 1.78. The standard InChI is InChI=1S/C8H16N2S.ClH/c1-10-5-2-8(3-6-10)11-7-4-9;/h2H,3-7,9H2,1H3;1H. The molecule has 2 N–H and O–H groups in total. The maximum Gasteiger partial charge on any atom is 0.0171 e. The van der Waals surface area contributed by atoms with Crippen molar-refractivity contribution in [2.45, 2.75) is 6.42 Å². The van der Waals surface area contributed by atoms with Crippen LogP contribution in [0.2, 0.25) is 0 Å². The van der Waals surface area contributed by atoms with Crippen molar-refractivity contribution in [2.24, 2.45) is 5.73 Å².